The van der Waals surface area contributed by atoms with Gasteiger partial charge in [-0.15, -0.1) is 0 Å². The molecule has 3 rings (SSSR count). The molecule has 2 aromatic heterocycles. The van der Waals surface area contributed by atoms with E-state index in [1.807, 2.05) is 53.4 Å². The predicted molar refractivity (Wildman–Crippen MR) is 109 cm³/mol. The summed E-state index contributed by atoms with van der Waals surface area (Å²) in [7, 11) is 0. The van der Waals surface area contributed by atoms with Crippen molar-refractivity contribution in [2.75, 3.05) is 13.1 Å². The molecule has 3 aromatic rings. The SMILES string of the molecule is CCNC(=NCc1ccc(-n2ccnc2)nc1)NCCc1ccc(Cl)cc1. The Morgan fingerprint density at radius 1 is 1.11 bits per heavy atom. The highest BCUT2D eigenvalue weighted by atomic mass is 35.5. The van der Waals surface area contributed by atoms with Gasteiger partial charge in [-0.2, -0.15) is 0 Å². The largest absolute Gasteiger partial charge is 0.357 e. The van der Waals surface area contributed by atoms with E-state index in [0.29, 0.717) is 6.54 Å². The van der Waals surface area contributed by atoms with E-state index in [1.165, 1.54) is 5.56 Å². The third-order valence-corrected chi connectivity index (χ3v) is 4.21. The standard InChI is InChI=1S/C20H23ClN6/c1-2-23-20(24-10-9-16-3-6-18(21)7-4-16)26-14-17-5-8-19(25-13-17)27-12-11-22-15-27/h3-8,11-13,15H,2,9-10,14H2,1H3,(H2,23,24,26). The molecule has 0 saturated heterocycles. The molecule has 6 nitrogen and oxygen atoms in total. The highest BCUT2D eigenvalue weighted by molar-refractivity contribution is 6.30. The highest BCUT2D eigenvalue weighted by Crippen LogP contribution is 2.09. The first-order valence-electron chi connectivity index (χ1n) is 8.94. The Morgan fingerprint density at radius 3 is 2.59 bits per heavy atom. The number of rotatable bonds is 7. The van der Waals surface area contributed by atoms with Gasteiger partial charge in [-0.3, -0.25) is 4.57 Å². The van der Waals surface area contributed by atoms with E-state index in [1.54, 1.807) is 12.5 Å². The lowest BCUT2D eigenvalue weighted by Crippen LogP contribution is -2.38. The number of hydrogen-bond acceptors (Lipinski definition) is 3. The molecule has 0 unspecified atom stereocenters. The van der Waals surface area contributed by atoms with Crippen LogP contribution in [0.2, 0.25) is 5.02 Å². The maximum atomic E-state index is 5.92. The Labute approximate surface area is 164 Å². The fourth-order valence-corrected chi connectivity index (χ4v) is 2.67. The van der Waals surface area contributed by atoms with E-state index in [2.05, 4.69) is 32.5 Å². The highest BCUT2D eigenvalue weighted by Gasteiger charge is 2.01. The molecule has 2 N–H and O–H groups in total. The molecule has 0 radical (unpaired) electrons. The molecule has 140 valence electrons. The molecular formula is C20H23ClN6. The van der Waals surface area contributed by atoms with Crippen LogP contribution >= 0.6 is 11.6 Å². The molecule has 7 heteroatoms. The van der Waals surface area contributed by atoms with Crippen LogP contribution in [0.4, 0.5) is 0 Å². The average Bonchev–Trinajstić information content (AvgIpc) is 3.23. The maximum absolute atomic E-state index is 5.92. The summed E-state index contributed by atoms with van der Waals surface area (Å²) in [5, 5.41) is 7.39. The number of benzene rings is 1. The average molecular weight is 383 g/mol. The zero-order chi connectivity index (χ0) is 18.9. The summed E-state index contributed by atoms with van der Waals surface area (Å²) < 4.78 is 1.87. The van der Waals surface area contributed by atoms with Gasteiger partial charge in [-0.25, -0.2) is 15.0 Å². The van der Waals surface area contributed by atoms with Gasteiger partial charge >= 0.3 is 0 Å². The fraction of sp³-hybridized carbons (Fsp3) is 0.250. The molecule has 0 amide bonds. The number of aromatic nitrogens is 3. The number of nitrogens with one attached hydrogen (secondary N) is 2. The summed E-state index contributed by atoms with van der Waals surface area (Å²) in [6, 6.07) is 11.9. The topological polar surface area (TPSA) is 67.1 Å². The number of halogens is 1. The summed E-state index contributed by atoms with van der Waals surface area (Å²) in [6.45, 7) is 4.22. The zero-order valence-corrected chi connectivity index (χ0v) is 16.0. The number of nitrogens with zero attached hydrogens (tertiary/aromatic N) is 4. The monoisotopic (exact) mass is 382 g/mol. The quantitative estimate of drug-likeness (QED) is 0.486. The smallest absolute Gasteiger partial charge is 0.191 e. The molecule has 0 aliphatic heterocycles. The van der Waals surface area contributed by atoms with Crippen LogP contribution in [0.25, 0.3) is 5.82 Å². The molecule has 1 aromatic carbocycles. The van der Waals surface area contributed by atoms with Crippen LogP contribution in [0.5, 0.6) is 0 Å². The predicted octanol–water partition coefficient (Wildman–Crippen LogP) is 3.22. The van der Waals surface area contributed by atoms with Crippen molar-refractivity contribution in [2.24, 2.45) is 4.99 Å². The molecule has 0 atom stereocenters. The Balaban J connectivity index is 1.54. The van der Waals surface area contributed by atoms with Crippen molar-refractivity contribution in [3.05, 3.63) is 77.5 Å². The Morgan fingerprint density at radius 2 is 1.93 bits per heavy atom. The van der Waals surface area contributed by atoms with E-state index < -0.39 is 0 Å². The van der Waals surface area contributed by atoms with Crippen molar-refractivity contribution in [1.82, 2.24) is 25.2 Å². The van der Waals surface area contributed by atoms with Crippen LogP contribution in [-0.2, 0) is 13.0 Å². The van der Waals surface area contributed by atoms with Gasteiger partial charge in [0.25, 0.3) is 0 Å². The second kappa shape index (κ2) is 9.73. The number of imidazole rings is 1. The Bertz CT molecular complexity index is 841. The Kier molecular flexibility index (Phi) is 6.82. The third kappa shape index (κ3) is 5.82. The van der Waals surface area contributed by atoms with Gasteiger partial charge < -0.3 is 10.6 Å². The van der Waals surface area contributed by atoms with Crippen LogP contribution in [0.1, 0.15) is 18.1 Å². The molecule has 0 saturated carbocycles. The normalized spacial score (nSPS) is 11.4. The van der Waals surface area contributed by atoms with Crippen molar-refractivity contribution in [1.29, 1.82) is 0 Å². The number of hydrogen-bond donors (Lipinski definition) is 2. The van der Waals surface area contributed by atoms with Crippen LogP contribution < -0.4 is 10.6 Å². The van der Waals surface area contributed by atoms with Crippen molar-refractivity contribution >= 4 is 17.6 Å². The summed E-state index contributed by atoms with van der Waals surface area (Å²) in [5.74, 6) is 1.64. The van der Waals surface area contributed by atoms with E-state index >= 15 is 0 Å². The lowest BCUT2D eigenvalue weighted by Gasteiger charge is -2.11. The molecule has 0 bridgehead atoms. The Hall–Kier alpha value is -2.86. The summed E-state index contributed by atoms with van der Waals surface area (Å²) >= 11 is 5.92. The first kappa shape index (κ1) is 18.9. The van der Waals surface area contributed by atoms with E-state index in [-0.39, 0.29) is 0 Å². The van der Waals surface area contributed by atoms with Gasteiger partial charge in [0.2, 0.25) is 0 Å². The lowest BCUT2D eigenvalue weighted by molar-refractivity contribution is 0.799. The fourth-order valence-electron chi connectivity index (χ4n) is 2.55. The number of pyridine rings is 1. The minimum atomic E-state index is 0.563. The van der Waals surface area contributed by atoms with Gasteiger partial charge in [0.1, 0.15) is 12.1 Å². The van der Waals surface area contributed by atoms with E-state index in [9.17, 15) is 0 Å². The van der Waals surface area contributed by atoms with Crippen LogP contribution in [-0.4, -0.2) is 33.6 Å². The van der Waals surface area contributed by atoms with Gasteiger partial charge in [-0.05, 0) is 42.7 Å². The van der Waals surface area contributed by atoms with Crippen molar-refractivity contribution in [2.45, 2.75) is 19.9 Å². The van der Waals surface area contributed by atoms with Gasteiger partial charge in [0, 0.05) is 36.7 Å². The molecular weight excluding hydrogens is 360 g/mol. The van der Waals surface area contributed by atoms with E-state index in [0.717, 1.165) is 41.9 Å². The van der Waals surface area contributed by atoms with Gasteiger partial charge in [0.15, 0.2) is 5.96 Å². The summed E-state index contributed by atoms with van der Waals surface area (Å²) in [6.07, 6.45) is 8.08. The van der Waals surface area contributed by atoms with Crippen LogP contribution in [0.15, 0.2) is 66.3 Å². The van der Waals surface area contributed by atoms with Crippen LogP contribution in [0.3, 0.4) is 0 Å². The first-order chi connectivity index (χ1) is 13.2. The number of guanidine groups is 1. The number of aliphatic imine (C=N–C) groups is 1. The lowest BCUT2D eigenvalue weighted by atomic mass is 10.1. The first-order valence-corrected chi connectivity index (χ1v) is 9.32. The molecule has 0 spiro atoms. The van der Waals surface area contributed by atoms with Crippen LogP contribution in [0, 0.1) is 0 Å². The van der Waals surface area contributed by atoms with Gasteiger partial charge in [0.05, 0.1) is 6.54 Å². The summed E-state index contributed by atoms with van der Waals surface area (Å²) in [5.41, 5.74) is 2.29. The minimum absolute atomic E-state index is 0.563. The van der Waals surface area contributed by atoms with Crippen molar-refractivity contribution < 1.29 is 0 Å². The molecule has 27 heavy (non-hydrogen) atoms. The van der Waals surface area contributed by atoms with Gasteiger partial charge in [-0.1, -0.05) is 29.8 Å². The maximum Gasteiger partial charge on any atom is 0.191 e. The summed E-state index contributed by atoms with van der Waals surface area (Å²) in [4.78, 5) is 13.1. The molecule has 2 heterocycles. The van der Waals surface area contributed by atoms with Crippen molar-refractivity contribution in [3.8, 4) is 5.82 Å². The second-order valence-corrected chi connectivity index (χ2v) is 6.43. The van der Waals surface area contributed by atoms with E-state index in [4.69, 9.17) is 11.6 Å². The van der Waals surface area contributed by atoms with Crippen molar-refractivity contribution in [3.63, 3.8) is 0 Å². The molecule has 0 aliphatic rings. The molecule has 0 fully saturated rings. The second-order valence-electron chi connectivity index (χ2n) is 5.99. The minimum Gasteiger partial charge on any atom is -0.357 e. The third-order valence-electron chi connectivity index (χ3n) is 3.96. The zero-order valence-electron chi connectivity index (χ0n) is 15.3. The molecule has 0 aliphatic carbocycles.